The van der Waals surface area contributed by atoms with Crippen LogP contribution in [0, 0.1) is 0 Å². The molecule has 1 amide bonds. The van der Waals surface area contributed by atoms with Crippen molar-refractivity contribution in [2.45, 2.75) is 6.92 Å². The molecule has 0 aliphatic carbocycles. The summed E-state index contributed by atoms with van der Waals surface area (Å²) in [7, 11) is 3.08. The maximum atomic E-state index is 11.6. The molecule has 18 heavy (non-hydrogen) atoms. The SMILES string of the molecule is CC(=O)C(=O)N(C)c1ccc2oc(=O)n(C)c2c1. The molecule has 0 aliphatic heterocycles. The molecular weight excluding hydrogens is 236 g/mol. The van der Waals surface area contributed by atoms with Gasteiger partial charge in [-0.05, 0) is 18.2 Å². The molecule has 1 aromatic carbocycles. The van der Waals surface area contributed by atoms with Crippen LogP contribution in [0.4, 0.5) is 5.69 Å². The molecule has 0 unspecified atom stereocenters. The maximum Gasteiger partial charge on any atom is 0.419 e. The fourth-order valence-electron chi connectivity index (χ4n) is 1.68. The van der Waals surface area contributed by atoms with Gasteiger partial charge in [-0.1, -0.05) is 0 Å². The van der Waals surface area contributed by atoms with E-state index < -0.39 is 17.4 Å². The van der Waals surface area contributed by atoms with Crippen LogP contribution in [0.3, 0.4) is 0 Å². The lowest BCUT2D eigenvalue weighted by molar-refractivity contribution is -0.134. The molecule has 2 rings (SSSR count). The average molecular weight is 248 g/mol. The lowest BCUT2D eigenvalue weighted by Gasteiger charge is -2.15. The second-order valence-electron chi connectivity index (χ2n) is 4.00. The number of aryl methyl sites for hydroxylation is 1. The predicted molar refractivity (Wildman–Crippen MR) is 65.5 cm³/mol. The van der Waals surface area contributed by atoms with E-state index in [4.69, 9.17) is 4.42 Å². The smallest absolute Gasteiger partial charge is 0.408 e. The molecular formula is C12H12N2O4. The quantitative estimate of drug-likeness (QED) is 0.733. The minimum Gasteiger partial charge on any atom is -0.408 e. The summed E-state index contributed by atoms with van der Waals surface area (Å²) in [5.74, 6) is -1.62. The van der Waals surface area contributed by atoms with Crippen molar-refractivity contribution < 1.29 is 14.0 Å². The van der Waals surface area contributed by atoms with Gasteiger partial charge in [0.15, 0.2) is 5.58 Å². The highest BCUT2D eigenvalue weighted by molar-refractivity contribution is 6.40. The molecule has 6 nitrogen and oxygen atoms in total. The van der Waals surface area contributed by atoms with Crippen molar-refractivity contribution in [3.8, 4) is 0 Å². The summed E-state index contributed by atoms with van der Waals surface area (Å²) in [5, 5.41) is 0. The minimum atomic E-state index is -0.608. The molecule has 0 bridgehead atoms. The summed E-state index contributed by atoms with van der Waals surface area (Å²) in [6, 6.07) is 4.84. The molecule has 0 saturated carbocycles. The number of ketones is 1. The van der Waals surface area contributed by atoms with Gasteiger partial charge in [0, 0.05) is 26.7 Å². The van der Waals surface area contributed by atoms with E-state index in [9.17, 15) is 14.4 Å². The fraction of sp³-hybridized carbons (Fsp3) is 0.250. The second-order valence-corrected chi connectivity index (χ2v) is 4.00. The summed E-state index contributed by atoms with van der Waals surface area (Å²) < 4.78 is 6.32. The molecule has 2 aromatic rings. The zero-order chi connectivity index (χ0) is 13.4. The second kappa shape index (κ2) is 4.14. The Balaban J connectivity index is 2.53. The number of hydrogen-bond acceptors (Lipinski definition) is 4. The van der Waals surface area contributed by atoms with E-state index in [1.54, 1.807) is 25.2 Å². The van der Waals surface area contributed by atoms with E-state index in [0.717, 1.165) is 0 Å². The van der Waals surface area contributed by atoms with Gasteiger partial charge in [0.05, 0.1) is 5.52 Å². The Morgan fingerprint density at radius 3 is 2.61 bits per heavy atom. The zero-order valence-electron chi connectivity index (χ0n) is 10.3. The fourth-order valence-corrected chi connectivity index (χ4v) is 1.68. The summed E-state index contributed by atoms with van der Waals surface area (Å²) in [5.41, 5.74) is 1.54. The van der Waals surface area contributed by atoms with Gasteiger partial charge in [0.2, 0.25) is 5.78 Å². The number of carbonyl (C=O) groups excluding carboxylic acids is 2. The van der Waals surface area contributed by atoms with Gasteiger partial charge in [0.25, 0.3) is 5.91 Å². The summed E-state index contributed by atoms with van der Waals surface area (Å²) in [6.07, 6.45) is 0. The predicted octanol–water partition coefficient (Wildman–Crippen LogP) is 0.683. The van der Waals surface area contributed by atoms with Crippen LogP contribution in [0.15, 0.2) is 27.4 Å². The van der Waals surface area contributed by atoms with E-state index in [0.29, 0.717) is 16.8 Å². The molecule has 0 radical (unpaired) electrons. The van der Waals surface area contributed by atoms with E-state index in [1.165, 1.54) is 23.4 Å². The first-order chi connectivity index (χ1) is 8.41. The maximum absolute atomic E-state index is 11.6. The summed E-state index contributed by atoms with van der Waals surface area (Å²) >= 11 is 0. The standard InChI is InChI=1S/C12H12N2O4/c1-7(15)11(16)13(2)8-4-5-10-9(6-8)14(3)12(17)18-10/h4-6H,1-3H3. The van der Waals surface area contributed by atoms with Gasteiger partial charge >= 0.3 is 5.76 Å². The minimum absolute atomic E-state index is 0.440. The van der Waals surface area contributed by atoms with Crippen LogP contribution in [-0.2, 0) is 16.6 Å². The molecule has 94 valence electrons. The van der Waals surface area contributed by atoms with Crippen LogP contribution in [0.1, 0.15) is 6.92 Å². The number of fused-ring (bicyclic) bond motifs is 1. The number of amides is 1. The van der Waals surface area contributed by atoms with Gasteiger partial charge in [-0.25, -0.2) is 4.79 Å². The molecule has 0 fully saturated rings. The van der Waals surface area contributed by atoms with Gasteiger partial charge in [-0.15, -0.1) is 0 Å². The number of nitrogens with zero attached hydrogens (tertiary/aromatic N) is 2. The number of Topliss-reactive ketones (excluding diaryl/α,β-unsaturated/α-hetero) is 1. The van der Waals surface area contributed by atoms with E-state index in [1.807, 2.05) is 0 Å². The number of benzene rings is 1. The first kappa shape index (κ1) is 12.1. The van der Waals surface area contributed by atoms with E-state index >= 15 is 0 Å². The third-order valence-corrected chi connectivity index (χ3v) is 2.77. The Hall–Kier alpha value is -2.37. The number of hydrogen-bond donors (Lipinski definition) is 0. The Bertz CT molecular complexity index is 696. The monoisotopic (exact) mass is 248 g/mol. The van der Waals surface area contributed by atoms with Gasteiger partial charge < -0.3 is 9.32 Å². The third kappa shape index (κ3) is 1.81. The van der Waals surface area contributed by atoms with Crippen molar-refractivity contribution in [1.29, 1.82) is 0 Å². The van der Waals surface area contributed by atoms with Crippen molar-refractivity contribution in [3.63, 3.8) is 0 Å². The largest absolute Gasteiger partial charge is 0.419 e. The first-order valence-electron chi connectivity index (χ1n) is 5.30. The molecule has 0 aliphatic rings. The van der Waals surface area contributed by atoms with Gasteiger partial charge in [-0.3, -0.25) is 14.2 Å². The third-order valence-electron chi connectivity index (χ3n) is 2.77. The van der Waals surface area contributed by atoms with Crippen LogP contribution in [-0.4, -0.2) is 23.3 Å². The Morgan fingerprint density at radius 1 is 1.33 bits per heavy atom. The highest BCUT2D eigenvalue weighted by atomic mass is 16.4. The van der Waals surface area contributed by atoms with Gasteiger partial charge in [-0.2, -0.15) is 0 Å². The highest BCUT2D eigenvalue weighted by Gasteiger charge is 2.16. The summed E-state index contributed by atoms with van der Waals surface area (Å²) in [4.78, 5) is 35.1. The van der Waals surface area contributed by atoms with Gasteiger partial charge in [0.1, 0.15) is 0 Å². The van der Waals surface area contributed by atoms with Crippen LogP contribution in [0.25, 0.3) is 11.1 Å². The van der Waals surface area contributed by atoms with E-state index in [-0.39, 0.29) is 0 Å². The first-order valence-corrected chi connectivity index (χ1v) is 5.30. The van der Waals surface area contributed by atoms with Crippen LogP contribution < -0.4 is 10.7 Å². The lowest BCUT2D eigenvalue weighted by Crippen LogP contribution is -2.31. The molecule has 6 heteroatoms. The number of carbonyl (C=O) groups is 2. The van der Waals surface area contributed by atoms with Crippen molar-refractivity contribution in [3.05, 3.63) is 28.7 Å². The Labute approximate surface area is 102 Å². The number of likely N-dealkylation sites (N-methyl/N-ethyl adjacent to an activating group) is 1. The molecule has 0 saturated heterocycles. The summed E-state index contributed by atoms with van der Waals surface area (Å²) in [6.45, 7) is 1.21. The topological polar surface area (TPSA) is 72.5 Å². The normalized spacial score (nSPS) is 10.6. The zero-order valence-corrected chi connectivity index (χ0v) is 10.3. The van der Waals surface area contributed by atoms with Crippen molar-refractivity contribution in [2.24, 2.45) is 7.05 Å². The molecule has 1 heterocycles. The average Bonchev–Trinajstić information content (AvgIpc) is 2.63. The number of aromatic nitrogens is 1. The Kier molecular flexibility index (Phi) is 2.78. The highest BCUT2D eigenvalue weighted by Crippen LogP contribution is 2.20. The number of rotatable bonds is 2. The van der Waals surface area contributed by atoms with E-state index in [2.05, 4.69) is 0 Å². The lowest BCUT2D eigenvalue weighted by atomic mass is 10.2. The van der Waals surface area contributed by atoms with Crippen LogP contribution >= 0.6 is 0 Å². The Morgan fingerprint density at radius 2 is 2.00 bits per heavy atom. The van der Waals surface area contributed by atoms with Crippen molar-refractivity contribution in [2.75, 3.05) is 11.9 Å². The van der Waals surface area contributed by atoms with Crippen LogP contribution in [0.2, 0.25) is 0 Å². The number of oxazole rings is 1. The van der Waals surface area contributed by atoms with Crippen LogP contribution in [0.5, 0.6) is 0 Å². The molecule has 0 atom stereocenters. The molecule has 1 aromatic heterocycles. The van der Waals surface area contributed by atoms with Crippen molar-refractivity contribution >= 4 is 28.5 Å². The molecule has 0 spiro atoms. The van der Waals surface area contributed by atoms with Crippen molar-refractivity contribution in [1.82, 2.24) is 4.57 Å². The molecule has 0 N–H and O–H groups in total. The number of anilines is 1.